The van der Waals surface area contributed by atoms with E-state index in [1.54, 1.807) is 31.9 Å². The van der Waals surface area contributed by atoms with E-state index in [2.05, 4.69) is 10.4 Å². The van der Waals surface area contributed by atoms with Gasteiger partial charge in [0, 0.05) is 26.7 Å². The van der Waals surface area contributed by atoms with Crippen molar-refractivity contribution < 1.29 is 9.59 Å². The molecule has 2 aromatic rings. The van der Waals surface area contributed by atoms with E-state index in [0.29, 0.717) is 11.3 Å². The fourth-order valence-electron chi connectivity index (χ4n) is 2.13. The number of anilines is 1. The number of carbonyl (C=O) groups excluding carboxylic acids is 2. The van der Waals surface area contributed by atoms with Gasteiger partial charge in [-0.2, -0.15) is 5.10 Å². The molecule has 22 heavy (non-hydrogen) atoms. The molecule has 6 nitrogen and oxygen atoms in total. The molecule has 1 aromatic carbocycles. The van der Waals surface area contributed by atoms with Gasteiger partial charge in [0.05, 0.1) is 11.4 Å². The molecular formula is C16H20N4O2. The summed E-state index contributed by atoms with van der Waals surface area (Å²) >= 11 is 0. The quantitative estimate of drug-likeness (QED) is 0.942. The SMILES string of the molecule is Cc1ccccc1C(=O)Nc1c(C(=O)N(C)C)nn(C)c1C. The minimum atomic E-state index is -0.248. The molecule has 0 saturated carbocycles. The van der Waals surface area contributed by atoms with Crippen LogP contribution in [0.5, 0.6) is 0 Å². The van der Waals surface area contributed by atoms with Crippen molar-refractivity contribution in [2.75, 3.05) is 19.4 Å². The van der Waals surface area contributed by atoms with Crippen molar-refractivity contribution >= 4 is 17.5 Å². The van der Waals surface area contributed by atoms with E-state index >= 15 is 0 Å². The van der Waals surface area contributed by atoms with Gasteiger partial charge in [0.15, 0.2) is 5.69 Å². The molecule has 2 amide bonds. The number of aryl methyl sites for hydroxylation is 2. The van der Waals surface area contributed by atoms with Crippen LogP contribution < -0.4 is 5.32 Å². The van der Waals surface area contributed by atoms with Crippen LogP contribution in [-0.4, -0.2) is 40.6 Å². The van der Waals surface area contributed by atoms with Crippen LogP contribution in [0.15, 0.2) is 24.3 Å². The number of rotatable bonds is 3. The summed E-state index contributed by atoms with van der Waals surface area (Å²) in [6, 6.07) is 7.31. The molecule has 1 N–H and O–H groups in total. The van der Waals surface area contributed by atoms with Gasteiger partial charge in [-0.05, 0) is 25.5 Å². The summed E-state index contributed by atoms with van der Waals surface area (Å²) in [5.74, 6) is -0.495. The predicted octanol–water partition coefficient (Wildman–Crippen LogP) is 1.99. The molecule has 0 aliphatic carbocycles. The lowest BCUT2D eigenvalue weighted by molar-refractivity contribution is 0.0822. The first-order valence-corrected chi connectivity index (χ1v) is 6.95. The Balaban J connectivity index is 2.39. The number of benzene rings is 1. The first kappa shape index (κ1) is 15.8. The molecular weight excluding hydrogens is 280 g/mol. The molecule has 0 aliphatic heterocycles. The Morgan fingerprint density at radius 3 is 2.41 bits per heavy atom. The lowest BCUT2D eigenvalue weighted by Gasteiger charge is -2.11. The molecule has 0 unspecified atom stereocenters. The van der Waals surface area contributed by atoms with Crippen molar-refractivity contribution in [3.8, 4) is 0 Å². The minimum Gasteiger partial charge on any atom is -0.343 e. The Bertz CT molecular complexity index is 732. The Kier molecular flexibility index (Phi) is 4.30. The highest BCUT2D eigenvalue weighted by molar-refractivity contribution is 6.09. The average molecular weight is 300 g/mol. The summed E-state index contributed by atoms with van der Waals surface area (Å²) in [6.45, 7) is 3.68. The van der Waals surface area contributed by atoms with Crippen molar-refractivity contribution in [3.05, 3.63) is 46.8 Å². The topological polar surface area (TPSA) is 67.2 Å². The molecule has 0 aliphatic rings. The third-order valence-corrected chi connectivity index (χ3v) is 3.57. The number of nitrogens with one attached hydrogen (secondary N) is 1. The van der Waals surface area contributed by atoms with E-state index in [-0.39, 0.29) is 17.5 Å². The van der Waals surface area contributed by atoms with Crippen molar-refractivity contribution in [2.24, 2.45) is 7.05 Å². The standard InChI is InChI=1S/C16H20N4O2/c1-10-8-6-7-9-12(10)15(21)17-13-11(2)20(5)18-14(13)16(22)19(3)4/h6-9H,1-5H3,(H,17,21). The van der Waals surface area contributed by atoms with Crippen LogP contribution >= 0.6 is 0 Å². The smallest absolute Gasteiger partial charge is 0.276 e. The van der Waals surface area contributed by atoms with E-state index in [9.17, 15) is 9.59 Å². The van der Waals surface area contributed by atoms with E-state index in [0.717, 1.165) is 11.3 Å². The fraction of sp³-hybridized carbons (Fsp3) is 0.312. The maximum Gasteiger partial charge on any atom is 0.276 e. The van der Waals surface area contributed by atoms with Crippen LogP contribution in [0.3, 0.4) is 0 Å². The van der Waals surface area contributed by atoms with Crippen molar-refractivity contribution in [3.63, 3.8) is 0 Å². The Morgan fingerprint density at radius 2 is 1.82 bits per heavy atom. The van der Waals surface area contributed by atoms with Crippen molar-refractivity contribution in [1.82, 2.24) is 14.7 Å². The van der Waals surface area contributed by atoms with Crippen LogP contribution in [-0.2, 0) is 7.05 Å². The van der Waals surface area contributed by atoms with Crippen LogP contribution in [0.2, 0.25) is 0 Å². The molecule has 6 heteroatoms. The predicted molar refractivity (Wildman–Crippen MR) is 85.1 cm³/mol. The largest absolute Gasteiger partial charge is 0.343 e. The Morgan fingerprint density at radius 1 is 1.18 bits per heavy atom. The first-order valence-electron chi connectivity index (χ1n) is 6.95. The summed E-state index contributed by atoms with van der Waals surface area (Å²) in [6.07, 6.45) is 0. The van der Waals surface area contributed by atoms with Crippen LogP contribution in [0.4, 0.5) is 5.69 Å². The molecule has 0 saturated heterocycles. The summed E-state index contributed by atoms with van der Waals surface area (Å²) in [5, 5.41) is 7.03. The summed E-state index contributed by atoms with van der Waals surface area (Å²) in [5.41, 5.74) is 2.88. The van der Waals surface area contributed by atoms with Gasteiger partial charge < -0.3 is 10.2 Å². The molecule has 1 heterocycles. The molecule has 0 radical (unpaired) electrons. The van der Waals surface area contributed by atoms with Crippen molar-refractivity contribution in [2.45, 2.75) is 13.8 Å². The third kappa shape index (κ3) is 2.86. The fourth-order valence-corrected chi connectivity index (χ4v) is 2.13. The summed E-state index contributed by atoms with van der Waals surface area (Å²) in [4.78, 5) is 26.1. The number of nitrogens with zero attached hydrogens (tertiary/aromatic N) is 3. The average Bonchev–Trinajstić information content (AvgIpc) is 2.75. The number of hydrogen-bond acceptors (Lipinski definition) is 3. The number of amides is 2. The Hall–Kier alpha value is -2.63. The second-order valence-electron chi connectivity index (χ2n) is 5.40. The lowest BCUT2D eigenvalue weighted by atomic mass is 10.1. The van der Waals surface area contributed by atoms with Gasteiger partial charge in [0.25, 0.3) is 11.8 Å². The van der Waals surface area contributed by atoms with Gasteiger partial charge in [-0.25, -0.2) is 0 Å². The zero-order valence-electron chi connectivity index (χ0n) is 13.5. The van der Waals surface area contributed by atoms with Crippen LogP contribution in [0.25, 0.3) is 0 Å². The maximum atomic E-state index is 12.5. The first-order chi connectivity index (χ1) is 10.3. The van der Waals surface area contributed by atoms with Gasteiger partial charge in [0.2, 0.25) is 0 Å². The van der Waals surface area contributed by atoms with Gasteiger partial charge in [-0.1, -0.05) is 18.2 Å². The molecule has 1 aromatic heterocycles. The van der Waals surface area contributed by atoms with E-state index in [1.165, 1.54) is 4.90 Å². The summed E-state index contributed by atoms with van der Waals surface area (Å²) in [7, 11) is 5.05. The molecule has 2 rings (SSSR count). The van der Waals surface area contributed by atoms with Gasteiger partial charge in [-0.15, -0.1) is 0 Å². The third-order valence-electron chi connectivity index (χ3n) is 3.57. The van der Waals surface area contributed by atoms with E-state index in [4.69, 9.17) is 0 Å². The highest BCUT2D eigenvalue weighted by Gasteiger charge is 2.23. The van der Waals surface area contributed by atoms with E-state index < -0.39 is 0 Å². The second-order valence-corrected chi connectivity index (χ2v) is 5.40. The van der Waals surface area contributed by atoms with E-state index in [1.807, 2.05) is 32.0 Å². The highest BCUT2D eigenvalue weighted by atomic mass is 16.2. The van der Waals surface area contributed by atoms with Gasteiger partial charge >= 0.3 is 0 Å². The number of hydrogen-bond donors (Lipinski definition) is 1. The minimum absolute atomic E-state index is 0.243. The molecule has 0 fully saturated rings. The molecule has 0 atom stereocenters. The zero-order valence-corrected chi connectivity index (χ0v) is 13.5. The lowest BCUT2D eigenvalue weighted by Crippen LogP contribution is -2.24. The van der Waals surface area contributed by atoms with Gasteiger partial charge in [0.1, 0.15) is 0 Å². The molecule has 0 spiro atoms. The molecule has 116 valence electrons. The Labute approximate surface area is 129 Å². The zero-order chi connectivity index (χ0) is 16.4. The van der Waals surface area contributed by atoms with Gasteiger partial charge in [-0.3, -0.25) is 14.3 Å². The monoisotopic (exact) mass is 300 g/mol. The number of aromatic nitrogens is 2. The maximum absolute atomic E-state index is 12.5. The second kappa shape index (κ2) is 6.01. The normalized spacial score (nSPS) is 10.4. The van der Waals surface area contributed by atoms with Crippen molar-refractivity contribution in [1.29, 1.82) is 0 Å². The molecule has 0 bridgehead atoms. The number of carbonyl (C=O) groups is 2. The van der Waals surface area contributed by atoms with Crippen LogP contribution in [0.1, 0.15) is 32.1 Å². The highest BCUT2D eigenvalue weighted by Crippen LogP contribution is 2.22. The summed E-state index contributed by atoms with van der Waals surface area (Å²) < 4.78 is 1.59. The van der Waals surface area contributed by atoms with Crippen LogP contribution in [0, 0.1) is 13.8 Å².